The summed E-state index contributed by atoms with van der Waals surface area (Å²) in [6, 6.07) is 0. The number of hydrogen-bond acceptors (Lipinski definition) is 6. The van der Waals surface area contributed by atoms with E-state index in [0.29, 0.717) is 12.8 Å². The number of hydrogen-bond donors (Lipinski definition) is 4. The van der Waals surface area contributed by atoms with Gasteiger partial charge in [-0.25, -0.2) is 0 Å². The zero-order valence-corrected chi connectivity index (χ0v) is 53.4. The van der Waals surface area contributed by atoms with Gasteiger partial charge in [0.15, 0.2) is 5.79 Å². The molecule has 0 radical (unpaired) electrons. The molecular formula is C71H143NO5. The van der Waals surface area contributed by atoms with Crippen molar-refractivity contribution in [3.63, 3.8) is 0 Å². The quantitative estimate of drug-likeness (QED) is 0.0454. The van der Waals surface area contributed by atoms with Gasteiger partial charge in [0.2, 0.25) is 0 Å². The molecule has 1 aliphatic heterocycles. The molecule has 4 N–H and O–H groups in total. The molecule has 1 aliphatic rings. The molecular weight excluding hydrogens is 947 g/mol. The standard InChI is InChI=1S/C71H143NO5/c1-6-10-14-18-22-26-30-34-38-42-46-50-54-58-62-70(76)68(74)67(66-73)77-69(5,75)71(70,63-59-55-51-47-43-39-35-31-27-23-19-15-11-7-2)72(64-60-56-52-48-44-40-36-32-28-24-20-16-12-8-3)65-61-57-53-49-45-41-37-33-29-25-21-17-13-9-4/h67-68,73-76H,6-66H2,1-5H3/t67-,68-,69?,70+,71+/m1/s1. The Bertz CT molecular complexity index is 1150. The minimum atomic E-state index is -1.74. The van der Waals surface area contributed by atoms with Gasteiger partial charge in [-0.05, 0) is 45.7 Å². The first-order valence-electron chi connectivity index (χ1n) is 35.9. The van der Waals surface area contributed by atoms with E-state index in [1.54, 1.807) is 6.92 Å². The van der Waals surface area contributed by atoms with Crippen molar-refractivity contribution in [1.29, 1.82) is 0 Å². The molecule has 5 atom stereocenters. The van der Waals surface area contributed by atoms with E-state index in [1.165, 1.54) is 295 Å². The normalized spacial score (nSPS) is 20.8. The molecule has 1 fully saturated rings. The second-order valence-corrected chi connectivity index (χ2v) is 25.9. The third-order valence-corrected chi connectivity index (χ3v) is 18.8. The Morgan fingerprint density at radius 3 is 0.753 bits per heavy atom. The van der Waals surface area contributed by atoms with Crippen LogP contribution in [0.3, 0.4) is 0 Å². The first-order chi connectivity index (χ1) is 37.7. The summed E-state index contributed by atoms with van der Waals surface area (Å²) in [7, 11) is 0. The third kappa shape index (κ3) is 36.2. The Kier molecular flexibility index (Phi) is 52.2. The van der Waals surface area contributed by atoms with Crippen LogP contribution in [0.5, 0.6) is 0 Å². The fraction of sp³-hybridized carbons (Fsp3) is 1.00. The van der Waals surface area contributed by atoms with Gasteiger partial charge in [0.1, 0.15) is 23.3 Å². The maximum absolute atomic E-state index is 13.6. The van der Waals surface area contributed by atoms with Crippen LogP contribution in [0.1, 0.15) is 407 Å². The summed E-state index contributed by atoms with van der Waals surface area (Å²) in [6.07, 6.45) is 71.1. The van der Waals surface area contributed by atoms with Crippen molar-refractivity contribution in [2.45, 2.75) is 436 Å². The van der Waals surface area contributed by atoms with Crippen LogP contribution in [0.2, 0.25) is 0 Å². The number of aliphatic hydroxyl groups excluding tert-OH is 2. The van der Waals surface area contributed by atoms with Crippen LogP contribution in [0.4, 0.5) is 0 Å². The molecule has 77 heavy (non-hydrogen) atoms. The van der Waals surface area contributed by atoms with Gasteiger partial charge in [0.05, 0.1) is 6.61 Å². The van der Waals surface area contributed by atoms with Crippen molar-refractivity contribution in [2.75, 3.05) is 19.7 Å². The molecule has 0 spiro atoms. The lowest BCUT2D eigenvalue weighted by Gasteiger charge is -2.65. The van der Waals surface area contributed by atoms with Crippen LogP contribution in [0.15, 0.2) is 0 Å². The fourth-order valence-electron chi connectivity index (χ4n) is 13.7. The molecule has 6 heteroatoms. The monoisotopic (exact) mass is 1090 g/mol. The maximum atomic E-state index is 13.6. The van der Waals surface area contributed by atoms with Gasteiger partial charge in [-0.15, -0.1) is 0 Å². The van der Waals surface area contributed by atoms with Gasteiger partial charge in [-0.3, -0.25) is 4.90 Å². The fourth-order valence-corrected chi connectivity index (χ4v) is 13.7. The number of rotatable bonds is 62. The molecule has 0 aromatic rings. The first-order valence-corrected chi connectivity index (χ1v) is 35.9. The van der Waals surface area contributed by atoms with Gasteiger partial charge < -0.3 is 25.2 Å². The lowest BCUT2D eigenvalue weighted by atomic mass is 9.61. The lowest BCUT2D eigenvalue weighted by Crippen LogP contribution is -2.83. The van der Waals surface area contributed by atoms with Crippen molar-refractivity contribution < 1.29 is 25.2 Å². The molecule has 0 bridgehead atoms. The molecule has 0 amide bonds. The largest absolute Gasteiger partial charge is 0.394 e. The third-order valence-electron chi connectivity index (χ3n) is 18.8. The topological polar surface area (TPSA) is 93.4 Å². The van der Waals surface area contributed by atoms with E-state index < -0.39 is 35.7 Å². The average molecular weight is 1090 g/mol. The highest BCUT2D eigenvalue weighted by Gasteiger charge is 2.70. The minimum Gasteiger partial charge on any atom is -0.394 e. The second-order valence-electron chi connectivity index (χ2n) is 25.9. The van der Waals surface area contributed by atoms with Crippen molar-refractivity contribution in [3.8, 4) is 0 Å². The molecule has 0 aliphatic carbocycles. The smallest absolute Gasteiger partial charge is 0.184 e. The highest BCUT2D eigenvalue weighted by atomic mass is 16.7. The Morgan fingerprint density at radius 1 is 0.312 bits per heavy atom. The molecule has 6 nitrogen and oxygen atoms in total. The zero-order valence-electron chi connectivity index (χ0n) is 53.4. The van der Waals surface area contributed by atoms with Crippen LogP contribution in [-0.2, 0) is 4.74 Å². The Labute approximate surface area is 483 Å². The molecule has 1 rings (SSSR count). The molecule has 1 heterocycles. The van der Waals surface area contributed by atoms with Crippen molar-refractivity contribution >= 4 is 0 Å². The van der Waals surface area contributed by atoms with E-state index in [4.69, 9.17) is 4.74 Å². The van der Waals surface area contributed by atoms with E-state index in [2.05, 4.69) is 32.6 Å². The van der Waals surface area contributed by atoms with E-state index in [0.717, 1.165) is 77.3 Å². The lowest BCUT2D eigenvalue weighted by molar-refractivity contribution is -0.394. The van der Waals surface area contributed by atoms with Gasteiger partial charge in [-0.1, -0.05) is 374 Å². The van der Waals surface area contributed by atoms with E-state index >= 15 is 0 Å². The van der Waals surface area contributed by atoms with Crippen LogP contribution in [-0.4, -0.2) is 74.2 Å². The average Bonchev–Trinajstić information content (AvgIpc) is 3.57. The SMILES string of the molecule is CCCCCCCCCCCCCCCCN(CCCCCCCCCCCCCCCC)[C@@]1(CCCCCCCCCCCCCCCC)C(C)(O)O[C@H](CO)[C@@H](O)[C@@]1(O)CCCCCCCCCCCCCCCC. The van der Waals surface area contributed by atoms with Gasteiger partial charge in [-0.2, -0.15) is 0 Å². The number of aliphatic hydroxyl groups is 4. The minimum absolute atomic E-state index is 0.411. The first kappa shape index (κ1) is 74.8. The summed E-state index contributed by atoms with van der Waals surface area (Å²) in [4.78, 5) is 2.47. The maximum Gasteiger partial charge on any atom is 0.184 e. The van der Waals surface area contributed by atoms with E-state index in [-0.39, 0.29) is 0 Å². The van der Waals surface area contributed by atoms with Gasteiger partial charge >= 0.3 is 0 Å². The highest BCUT2D eigenvalue weighted by Crippen LogP contribution is 2.52. The molecule has 0 saturated carbocycles. The Hall–Kier alpha value is -0.240. The number of ether oxygens (including phenoxy) is 1. The Balaban J connectivity index is 3.17. The molecule has 1 saturated heterocycles. The zero-order chi connectivity index (χ0) is 56.1. The van der Waals surface area contributed by atoms with Gasteiger partial charge in [0.25, 0.3) is 0 Å². The predicted molar refractivity (Wildman–Crippen MR) is 338 cm³/mol. The van der Waals surface area contributed by atoms with E-state index in [9.17, 15) is 20.4 Å². The van der Waals surface area contributed by atoms with Crippen LogP contribution >= 0.6 is 0 Å². The van der Waals surface area contributed by atoms with Gasteiger partial charge in [0, 0.05) is 0 Å². The van der Waals surface area contributed by atoms with Crippen LogP contribution in [0.25, 0.3) is 0 Å². The number of nitrogens with zero attached hydrogens (tertiary/aromatic N) is 1. The van der Waals surface area contributed by atoms with Crippen molar-refractivity contribution in [3.05, 3.63) is 0 Å². The summed E-state index contributed by atoms with van der Waals surface area (Å²) in [6.45, 7) is 12.1. The van der Waals surface area contributed by atoms with Crippen LogP contribution in [0, 0.1) is 0 Å². The summed E-state index contributed by atoms with van der Waals surface area (Å²) >= 11 is 0. The van der Waals surface area contributed by atoms with Crippen LogP contribution < -0.4 is 0 Å². The molecule has 0 aromatic carbocycles. The number of unbranched alkanes of at least 4 members (excludes halogenated alkanes) is 52. The summed E-state index contributed by atoms with van der Waals surface area (Å²) < 4.78 is 6.52. The highest BCUT2D eigenvalue weighted by molar-refractivity contribution is 5.20. The molecule has 462 valence electrons. The second kappa shape index (κ2) is 53.7. The Morgan fingerprint density at radius 2 is 0.519 bits per heavy atom. The van der Waals surface area contributed by atoms with Crippen molar-refractivity contribution in [1.82, 2.24) is 4.90 Å². The predicted octanol–water partition coefficient (Wildman–Crippen LogP) is 21.9. The molecule has 1 unspecified atom stereocenters. The summed E-state index contributed by atoms with van der Waals surface area (Å²) in [5, 5.41) is 49.8. The van der Waals surface area contributed by atoms with E-state index in [1.807, 2.05) is 0 Å². The van der Waals surface area contributed by atoms with Crippen molar-refractivity contribution in [2.24, 2.45) is 0 Å². The molecule has 0 aromatic heterocycles. The summed E-state index contributed by atoms with van der Waals surface area (Å²) in [5.74, 6) is -1.74. The summed E-state index contributed by atoms with van der Waals surface area (Å²) in [5.41, 5.74) is -2.81.